The van der Waals surface area contributed by atoms with Crippen molar-refractivity contribution in [3.8, 4) is 16.8 Å². The first kappa shape index (κ1) is 21.2. The predicted molar refractivity (Wildman–Crippen MR) is 117 cm³/mol. The van der Waals surface area contributed by atoms with Gasteiger partial charge in [-0.3, -0.25) is 9.36 Å². The van der Waals surface area contributed by atoms with Gasteiger partial charge in [0.25, 0.3) is 5.91 Å². The largest absolute Gasteiger partial charge is 0.348 e. The zero-order chi connectivity index (χ0) is 22.2. The molecule has 1 heterocycles. The van der Waals surface area contributed by atoms with Crippen LogP contribution in [0.2, 0.25) is 0 Å². The zero-order valence-electron chi connectivity index (χ0n) is 18.0. The fraction of sp³-hybridized carbons (Fsp3) is 0.360. The van der Waals surface area contributed by atoms with Gasteiger partial charge in [0.15, 0.2) is 11.6 Å². The lowest BCUT2D eigenvalue weighted by atomic mass is 9.70. The first-order valence-electron chi connectivity index (χ1n) is 10.6. The average molecular weight is 424 g/mol. The van der Waals surface area contributed by atoms with Crippen LogP contribution in [0, 0.1) is 23.0 Å². The molecule has 2 aromatic carbocycles. The van der Waals surface area contributed by atoms with Gasteiger partial charge in [-0.25, -0.2) is 13.8 Å². The Balaban J connectivity index is 1.52. The Hall–Kier alpha value is -3.02. The van der Waals surface area contributed by atoms with Crippen molar-refractivity contribution >= 4 is 5.91 Å². The van der Waals surface area contributed by atoms with Crippen LogP contribution in [0.1, 0.15) is 50.5 Å². The number of hydrogen-bond donors (Lipinski definition) is 1. The van der Waals surface area contributed by atoms with E-state index in [9.17, 15) is 13.6 Å². The number of hydrogen-bond acceptors (Lipinski definition) is 2. The number of carbonyl (C=O) groups is 1. The van der Waals surface area contributed by atoms with Gasteiger partial charge in [-0.05, 0) is 66.0 Å². The summed E-state index contributed by atoms with van der Waals surface area (Å²) < 4.78 is 28.5. The number of benzene rings is 2. The SMILES string of the molecule is C[C@H]1C[C@H](NC(=O)c2cncn2-c2ccc(-c3ccc(F)c(F)c3)cc2)CC(C)(C)C1. The summed E-state index contributed by atoms with van der Waals surface area (Å²) in [5, 5.41) is 3.19. The van der Waals surface area contributed by atoms with E-state index in [1.807, 2.05) is 24.3 Å². The molecule has 2 atom stereocenters. The molecule has 1 aliphatic rings. The third kappa shape index (κ3) is 4.68. The number of imidazole rings is 1. The van der Waals surface area contributed by atoms with Gasteiger partial charge >= 0.3 is 0 Å². The first-order chi connectivity index (χ1) is 14.7. The molecule has 6 heteroatoms. The van der Waals surface area contributed by atoms with Crippen molar-refractivity contribution in [2.75, 3.05) is 0 Å². The highest BCUT2D eigenvalue weighted by Crippen LogP contribution is 2.38. The van der Waals surface area contributed by atoms with Crippen molar-refractivity contribution in [2.45, 2.75) is 46.1 Å². The van der Waals surface area contributed by atoms with E-state index in [2.05, 4.69) is 31.1 Å². The molecular weight excluding hydrogens is 396 g/mol. The maximum atomic E-state index is 13.5. The molecule has 4 rings (SSSR count). The fourth-order valence-electron chi connectivity index (χ4n) is 4.87. The third-order valence-corrected chi connectivity index (χ3v) is 5.99. The van der Waals surface area contributed by atoms with Crippen LogP contribution in [0.3, 0.4) is 0 Å². The second-order valence-electron chi connectivity index (χ2n) is 9.41. The molecule has 0 aliphatic heterocycles. The van der Waals surface area contributed by atoms with Crippen molar-refractivity contribution in [1.29, 1.82) is 0 Å². The summed E-state index contributed by atoms with van der Waals surface area (Å²) in [7, 11) is 0. The number of aromatic nitrogens is 2. The average Bonchev–Trinajstić information content (AvgIpc) is 3.19. The Bertz CT molecular complexity index is 1090. The second-order valence-corrected chi connectivity index (χ2v) is 9.41. The van der Waals surface area contributed by atoms with Crippen LogP contribution in [0.5, 0.6) is 0 Å². The Morgan fingerprint density at radius 2 is 1.77 bits per heavy atom. The van der Waals surface area contributed by atoms with Gasteiger partial charge in [0.2, 0.25) is 0 Å². The highest BCUT2D eigenvalue weighted by atomic mass is 19.2. The van der Waals surface area contributed by atoms with Gasteiger partial charge in [-0.2, -0.15) is 0 Å². The maximum Gasteiger partial charge on any atom is 0.270 e. The molecule has 0 radical (unpaired) electrons. The molecule has 1 N–H and O–H groups in total. The monoisotopic (exact) mass is 423 g/mol. The molecule has 1 saturated carbocycles. The van der Waals surface area contributed by atoms with Gasteiger partial charge in [0, 0.05) is 11.7 Å². The summed E-state index contributed by atoms with van der Waals surface area (Å²) in [6.07, 6.45) is 6.28. The minimum Gasteiger partial charge on any atom is -0.348 e. The van der Waals surface area contributed by atoms with Crippen molar-refractivity contribution in [2.24, 2.45) is 11.3 Å². The van der Waals surface area contributed by atoms with Crippen LogP contribution in [-0.4, -0.2) is 21.5 Å². The van der Waals surface area contributed by atoms with E-state index in [1.54, 1.807) is 17.1 Å². The molecule has 1 aliphatic carbocycles. The molecule has 0 saturated heterocycles. The number of rotatable bonds is 4. The van der Waals surface area contributed by atoms with E-state index >= 15 is 0 Å². The summed E-state index contributed by atoms with van der Waals surface area (Å²) in [4.78, 5) is 17.2. The first-order valence-corrected chi connectivity index (χ1v) is 10.6. The normalized spacial score (nSPS) is 20.4. The summed E-state index contributed by atoms with van der Waals surface area (Å²) in [5.74, 6) is -1.32. The molecule has 31 heavy (non-hydrogen) atoms. The minimum absolute atomic E-state index is 0.142. The van der Waals surface area contributed by atoms with Gasteiger partial charge in [0.05, 0.1) is 12.5 Å². The van der Waals surface area contributed by atoms with Crippen molar-refractivity contribution < 1.29 is 13.6 Å². The lowest BCUT2D eigenvalue weighted by molar-refractivity contribution is 0.0867. The molecule has 1 amide bonds. The standard InChI is InChI=1S/C25H27F2N3O/c1-16-10-19(13-25(2,3)12-16)29-24(31)23-14-28-15-30(23)20-7-4-17(5-8-20)18-6-9-21(26)22(27)11-18/h4-9,11,14-16,19H,10,12-13H2,1-3H3,(H,29,31)/t16-,19-/m0/s1. The van der Waals surface area contributed by atoms with Gasteiger partial charge in [-0.1, -0.05) is 39.0 Å². The van der Waals surface area contributed by atoms with Gasteiger partial charge in [-0.15, -0.1) is 0 Å². The summed E-state index contributed by atoms with van der Waals surface area (Å²) in [6.45, 7) is 6.74. The van der Waals surface area contributed by atoms with Crippen LogP contribution in [0.15, 0.2) is 55.0 Å². The van der Waals surface area contributed by atoms with E-state index in [-0.39, 0.29) is 17.4 Å². The Morgan fingerprint density at radius 3 is 2.45 bits per heavy atom. The molecular formula is C25H27F2N3O. The van der Waals surface area contributed by atoms with Crippen molar-refractivity contribution in [3.63, 3.8) is 0 Å². The highest BCUT2D eigenvalue weighted by molar-refractivity contribution is 5.93. The van der Waals surface area contributed by atoms with Crippen LogP contribution < -0.4 is 5.32 Å². The van der Waals surface area contributed by atoms with Crippen LogP contribution >= 0.6 is 0 Å². The van der Waals surface area contributed by atoms with E-state index < -0.39 is 11.6 Å². The quantitative estimate of drug-likeness (QED) is 0.580. The smallest absolute Gasteiger partial charge is 0.270 e. The summed E-state index contributed by atoms with van der Waals surface area (Å²) in [5.41, 5.74) is 2.80. The fourth-order valence-corrected chi connectivity index (χ4v) is 4.87. The van der Waals surface area contributed by atoms with E-state index in [0.717, 1.165) is 30.2 Å². The lowest BCUT2D eigenvalue weighted by Gasteiger charge is -2.39. The van der Waals surface area contributed by atoms with Crippen LogP contribution in [-0.2, 0) is 0 Å². The zero-order valence-corrected chi connectivity index (χ0v) is 18.0. The van der Waals surface area contributed by atoms with E-state index in [1.165, 1.54) is 18.6 Å². The van der Waals surface area contributed by atoms with E-state index in [4.69, 9.17) is 0 Å². The Morgan fingerprint density at radius 1 is 1.06 bits per heavy atom. The molecule has 0 unspecified atom stereocenters. The van der Waals surface area contributed by atoms with Crippen molar-refractivity contribution in [1.82, 2.24) is 14.9 Å². The molecule has 1 fully saturated rings. The minimum atomic E-state index is -0.879. The topological polar surface area (TPSA) is 46.9 Å². The highest BCUT2D eigenvalue weighted by Gasteiger charge is 2.33. The lowest BCUT2D eigenvalue weighted by Crippen LogP contribution is -2.43. The maximum absolute atomic E-state index is 13.5. The number of carbonyl (C=O) groups excluding carboxylic acids is 1. The molecule has 4 nitrogen and oxygen atoms in total. The number of nitrogens with one attached hydrogen (secondary N) is 1. The van der Waals surface area contributed by atoms with Gasteiger partial charge < -0.3 is 5.32 Å². The summed E-state index contributed by atoms with van der Waals surface area (Å²) >= 11 is 0. The predicted octanol–water partition coefficient (Wildman–Crippen LogP) is 5.76. The molecule has 0 spiro atoms. The summed E-state index contributed by atoms with van der Waals surface area (Å²) in [6, 6.07) is 11.3. The second kappa shape index (κ2) is 8.25. The van der Waals surface area contributed by atoms with Gasteiger partial charge in [0.1, 0.15) is 5.69 Å². The van der Waals surface area contributed by atoms with Crippen molar-refractivity contribution in [3.05, 3.63) is 72.3 Å². The number of halogens is 2. The molecule has 162 valence electrons. The number of nitrogens with zero attached hydrogens (tertiary/aromatic N) is 2. The van der Waals surface area contributed by atoms with E-state index in [0.29, 0.717) is 17.2 Å². The van der Waals surface area contributed by atoms with Crippen LogP contribution in [0.25, 0.3) is 16.8 Å². The Kier molecular flexibility index (Phi) is 5.65. The third-order valence-electron chi connectivity index (χ3n) is 5.99. The Labute approximate surface area is 181 Å². The molecule has 0 bridgehead atoms. The molecule has 1 aromatic heterocycles. The van der Waals surface area contributed by atoms with Crippen LogP contribution in [0.4, 0.5) is 8.78 Å². The molecule has 3 aromatic rings. The number of amides is 1.